The van der Waals surface area contributed by atoms with Crippen molar-refractivity contribution in [2.45, 2.75) is 38.7 Å². The zero-order valence-electron chi connectivity index (χ0n) is 9.93. The highest BCUT2D eigenvalue weighted by atomic mass is 16.5. The Labute approximate surface area is 101 Å². The number of pyridine rings is 1. The molecule has 0 aliphatic heterocycles. The fraction of sp³-hybridized carbons (Fsp3) is 0.538. The number of rotatable bonds is 3. The first-order valence-corrected chi connectivity index (χ1v) is 5.91. The van der Waals surface area contributed by atoms with Gasteiger partial charge in [-0.25, -0.2) is 4.98 Å². The van der Waals surface area contributed by atoms with Crippen LogP contribution in [0.25, 0.3) is 0 Å². The maximum atomic E-state index is 11.1. The predicted octanol–water partition coefficient (Wildman–Crippen LogP) is 2.49. The normalized spacial score (nSPS) is 28.6. The van der Waals surface area contributed by atoms with Gasteiger partial charge in [0.25, 0.3) is 0 Å². The Hall–Kier alpha value is -1.58. The topological polar surface area (TPSA) is 59.4 Å². The average molecular weight is 235 g/mol. The average Bonchev–Trinajstić information content (AvgIpc) is 2.33. The van der Waals surface area contributed by atoms with Gasteiger partial charge in [0.1, 0.15) is 6.10 Å². The molecule has 4 heteroatoms. The third kappa shape index (κ3) is 2.75. The van der Waals surface area contributed by atoms with Crippen molar-refractivity contribution < 1.29 is 14.6 Å². The molecular weight excluding hydrogens is 218 g/mol. The van der Waals surface area contributed by atoms with Gasteiger partial charge in [0.2, 0.25) is 5.88 Å². The zero-order valence-corrected chi connectivity index (χ0v) is 9.93. The molecule has 1 N–H and O–H groups in total. The van der Waals surface area contributed by atoms with Crippen molar-refractivity contribution in [3.63, 3.8) is 0 Å². The Balaban J connectivity index is 1.90. The standard InChI is InChI=1S/C13H17NO3/c1-13(12(15)16)7-5-10(6-8-13)17-11-4-2-3-9-14-11/h2-4,9-10H,5-8H2,1H3,(H,15,16). The van der Waals surface area contributed by atoms with Gasteiger partial charge >= 0.3 is 5.97 Å². The maximum absolute atomic E-state index is 11.1. The van der Waals surface area contributed by atoms with E-state index in [-0.39, 0.29) is 6.10 Å². The number of ether oxygens (including phenoxy) is 1. The summed E-state index contributed by atoms with van der Waals surface area (Å²) in [6.45, 7) is 1.81. The van der Waals surface area contributed by atoms with Gasteiger partial charge in [-0.15, -0.1) is 0 Å². The highest BCUT2D eigenvalue weighted by Crippen LogP contribution is 2.37. The number of aliphatic carboxylic acids is 1. The molecular formula is C13H17NO3. The van der Waals surface area contributed by atoms with Gasteiger partial charge in [0.05, 0.1) is 5.41 Å². The summed E-state index contributed by atoms with van der Waals surface area (Å²) in [4.78, 5) is 15.2. The lowest BCUT2D eigenvalue weighted by atomic mass is 9.75. The van der Waals surface area contributed by atoms with Crippen LogP contribution in [0.3, 0.4) is 0 Å². The summed E-state index contributed by atoms with van der Waals surface area (Å²) in [5.74, 6) is -0.0785. The van der Waals surface area contributed by atoms with E-state index in [4.69, 9.17) is 9.84 Å². The minimum atomic E-state index is -0.700. The lowest BCUT2D eigenvalue weighted by Gasteiger charge is -2.33. The van der Waals surface area contributed by atoms with Crippen molar-refractivity contribution in [2.75, 3.05) is 0 Å². The van der Waals surface area contributed by atoms with E-state index in [0.717, 1.165) is 12.8 Å². The van der Waals surface area contributed by atoms with Crippen LogP contribution in [0.5, 0.6) is 5.88 Å². The summed E-state index contributed by atoms with van der Waals surface area (Å²) in [5, 5.41) is 9.12. The van der Waals surface area contributed by atoms with E-state index in [0.29, 0.717) is 18.7 Å². The Morgan fingerprint density at radius 1 is 1.47 bits per heavy atom. The number of nitrogens with zero attached hydrogens (tertiary/aromatic N) is 1. The third-order valence-corrected chi connectivity index (χ3v) is 3.48. The first-order valence-electron chi connectivity index (χ1n) is 5.91. The minimum Gasteiger partial charge on any atom is -0.481 e. The van der Waals surface area contributed by atoms with Gasteiger partial charge in [-0.2, -0.15) is 0 Å². The number of hydrogen-bond acceptors (Lipinski definition) is 3. The molecule has 17 heavy (non-hydrogen) atoms. The molecule has 1 aliphatic carbocycles. The van der Waals surface area contributed by atoms with E-state index < -0.39 is 11.4 Å². The summed E-state index contributed by atoms with van der Waals surface area (Å²) < 4.78 is 5.72. The number of aromatic nitrogens is 1. The van der Waals surface area contributed by atoms with Crippen molar-refractivity contribution >= 4 is 5.97 Å². The Bertz CT molecular complexity index is 383. The van der Waals surface area contributed by atoms with Gasteiger partial charge in [-0.1, -0.05) is 6.07 Å². The van der Waals surface area contributed by atoms with Gasteiger partial charge in [0.15, 0.2) is 0 Å². The van der Waals surface area contributed by atoms with Crippen LogP contribution in [0, 0.1) is 5.41 Å². The molecule has 1 aliphatic rings. The zero-order chi connectivity index (χ0) is 12.3. The molecule has 0 aromatic carbocycles. The van der Waals surface area contributed by atoms with E-state index >= 15 is 0 Å². The van der Waals surface area contributed by atoms with Crippen LogP contribution in [0.1, 0.15) is 32.6 Å². The van der Waals surface area contributed by atoms with Crippen LogP contribution in [-0.2, 0) is 4.79 Å². The first-order chi connectivity index (χ1) is 8.10. The Morgan fingerprint density at radius 3 is 2.71 bits per heavy atom. The molecule has 1 aromatic heterocycles. The number of carboxylic acid groups (broad SMARTS) is 1. The molecule has 0 unspecified atom stereocenters. The second-order valence-electron chi connectivity index (χ2n) is 4.85. The number of carboxylic acids is 1. The monoisotopic (exact) mass is 235 g/mol. The summed E-state index contributed by atoms with van der Waals surface area (Å²) in [5.41, 5.74) is -0.579. The van der Waals surface area contributed by atoms with E-state index in [1.54, 1.807) is 6.20 Å². The molecule has 2 rings (SSSR count). The van der Waals surface area contributed by atoms with Crippen LogP contribution in [0.2, 0.25) is 0 Å². The third-order valence-electron chi connectivity index (χ3n) is 3.48. The number of carbonyl (C=O) groups is 1. The second kappa shape index (κ2) is 4.73. The highest BCUT2D eigenvalue weighted by molar-refractivity contribution is 5.74. The predicted molar refractivity (Wildman–Crippen MR) is 62.9 cm³/mol. The van der Waals surface area contributed by atoms with Gasteiger partial charge in [0, 0.05) is 12.3 Å². The maximum Gasteiger partial charge on any atom is 0.309 e. The van der Waals surface area contributed by atoms with E-state index in [9.17, 15) is 4.79 Å². The van der Waals surface area contributed by atoms with Crippen molar-refractivity contribution in [3.8, 4) is 5.88 Å². The van der Waals surface area contributed by atoms with Crippen molar-refractivity contribution in [2.24, 2.45) is 5.41 Å². The molecule has 92 valence electrons. The highest BCUT2D eigenvalue weighted by Gasteiger charge is 2.38. The fourth-order valence-corrected chi connectivity index (χ4v) is 2.15. The summed E-state index contributed by atoms with van der Waals surface area (Å²) in [6.07, 6.45) is 4.68. The molecule has 1 aromatic rings. The summed E-state index contributed by atoms with van der Waals surface area (Å²) >= 11 is 0. The van der Waals surface area contributed by atoms with Crippen molar-refractivity contribution in [1.29, 1.82) is 0 Å². The Kier molecular flexibility index (Phi) is 3.31. The number of hydrogen-bond donors (Lipinski definition) is 1. The van der Waals surface area contributed by atoms with E-state index in [1.807, 2.05) is 25.1 Å². The molecule has 0 amide bonds. The lowest BCUT2D eigenvalue weighted by Crippen LogP contribution is -2.36. The summed E-state index contributed by atoms with van der Waals surface area (Å²) in [6, 6.07) is 5.55. The van der Waals surface area contributed by atoms with Crippen LogP contribution in [0.4, 0.5) is 0 Å². The van der Waals surface area contributed by atoms with Gasteiger partial charge < -0.3 is 9.84 Å². The Morgan fingerprint density at radius 2 is 2.18 bits per heavy atom. The van der Waals surface area contributed by atoms with E-state index in [1.165, 1.54) is 0 Å². The van der Waals surface area contributed by atoms with Crippen LogP contribution in [-0.4, -0.2) is 22.2 Å². The quantitative estimate of drug-likeness (QED) is 0.874. The fourth-order valence-electron chi connectivity index (χ4n) is 2.15. The van der Waals surface area contributed by atoms with Crippen molar-refractivity contribution in [3.05, 3.63) is 24.4 Å². The summed E-state index contributed by atoms with van der Waals surface area (Å²) in [7, 11) is 0. The van der Waals surface area contributed by atoms with Crippen molar-refractivity contribution in [1.82, 2.24) is 4.98 Å². The molecule has 0 radical (unpaired) electrons. The molecule has 0 spiro atoms. The van der Waals surface area contributed by atoms with Crippen LogP contribution < -0.4 is 4.74 Å². The van der Waals surface area contributed by atoms with Crippen LogP contribution in [0.15, 0.2) is 24.4 Å². The second-order valence-corrected chi connectivity index (χ2v) is 4.85. The molecule has 0 saturated heterocycles. The smallest absolute Gasteiger partial charge is 0.309 e. The molecule has 1 saturated carbocycles. The lowest BCUT2D eigenvalue weighted by molar-refractivity contribution is -0.150. The van der Waals surface area contributed by atoms with Crippen LogP contribution >= 0.6 is 0 Å². The SMILES string of the molecule is CC1(C(=O)O)CCC(Oc2ccccn2)CC1. The largest absolute Gasteiger partial charge is 0.481 e. The first kappa shape index (κ1) is 11.9. The minimum absolute atomic E-state index is 0.0947. The van der Waals surface area contributed by atoms with Gasteiger partial charge in [-0.05, 0) is 38.7 Å². The molecule has 0 atom stereocenters. The van der Waals surface area contributed by atoms with E-state index in [2.05, 4.69) is 4.98 Å². The molecule has 1 heterocycles. The van der Waals surface area contributed by atoms with Gasteiger partial charge in [-0.3, -0.25) is 4.79 Å². The molecule has 0 bridgehead atoms. The molecule has 4 nitrogen and oxygen atoms in total. The molecule has 1 fully saturated rings.